The van der Waals surface area contributed by atoms with E-state index in [4.69, 9.17) is 0 Å². The Morgan fingerprint density at radius 3 is 2.33 bits per heavy atom. The lowest BCUT2D eigenvalue weighted by Gasteiger charge is -2.37. The summed E-state index contributed by atoms with van der Waals surface area (Å²) in [4.78, 5) is 10.5. The van der Waals surface area contributed by atoms with Crippen LogP contribution < -0.4 is 5.32 Å². The predicted octanol–water partition coefficient (Wildman–Crippen LogP) is 1.31. The molecule has 1 N–H and O–H groups in total. The Kier molecular flexibility index (Phi) is 1.18. The van der Waals surface area contributed by atoms with Crippen LogP contribution in [0, 0.1) is 17.8 Å². The minimum Gasteiger partial charge on any atom is -0.353 e. The number of rotatable bonds is 2. The van der Waals surface area contributed by atoms with Crippen LogP contribution in [-0.2, 0) is 4.79 Å². The Hall–Kier alpha value is -0.530. The summed E-state index contributed by atoms with van der Waals surface area (Å²) in [7, 11) is 0. The van der Waals surface area contributed by atoms with E-state index in [-0.39, 0.29) is 5.54 Å². The van der Waals surface area contributed by atoms with Crippen molar-refractivity contribution >= 4 is 6.41 Å². The average molecular weight is 165 g/mol. The Morgan fingerprint density at radius 2 is 1.83 bits per heavy atom. The van der Waals surface area contributed by atoms with Gasteiger partial charge in [-0.2, -0.15) is 0 Å². The molecule has 12 heavy (non-hydrogen) atoms. The van der Waals surface area contributed by atoms with Gasteiger partial charge in [0, 0.05) is 5.54 Å². The van der Waals surface area contributed by atoms with Crippen LogP contribution >= 0.6 is 0 Å². The lowest BCUT2D eigenvalue weighted by molar-refractivity contribution is -0.111. The molecule has 0 aliphatic heterocycles. The summed E-state index contributed by atoms with van der Waals surface area (Å²) in [5, 5.41) is 3.07. The molecule has 4 saturated carbocycles. The maximum absolute atomic E-state index is 10.5. The third-order valence-corrected chi connectivity index (χ3v) is 4.29. The highest BCUT2D eigenvalue weighted by molar-refractivity contribution is 5.48. The lowest BCUT2D eigenvalue weighted by Crippen LogP contribution is -2.46. The minimum absolute atomic E-state index is 0.248. The summed E-state index contributed by atoms with van der Waals surface area (Å²) in [6, 6.07) is 0. The number of hydrogen-bond acceptors (Lipinski definition) is 1. The first-order valence-corrected chi connectivity index (χ1v) is 5.03. The van der Waals surface area contributed by atoms with Crippen LogP contribution in [0.2, 0.25) is 0 Å². The number of amides is 1. The highest BCUT2D eigenvalue weighted by atomic mass is 16.1. The van der Waals surface area contributed by atoms with Gasteiger partial charge in [-0.25, -0.2) is 0 Å². The van der Waals surface area contributed by atoms with Crippen LogP contribution in [0.4, 0.5) is 0 Å². The third-order valence-electron chi connectivity index (χ3n) is 4.29. The van der Waals surface area contributed by atoms with Crippen molar-refractivity contribution in [3.8, 4) is 0 Å². The van der Waals surface area contributed by atoms with Crippen LogP contribution in [0.15, 0.2) is 0 Å². The van der Waals surface area contributed by atoms with Gasteiger partial charge in [0.1, 0.15) is 0 Å². The van der Waals surface area contributed by atoms with Crippen molar-refractivity contribution in [3.63, 3.8) is 0 Å². The van der Waals surface area contributed by atoms with Gasteiger partial charge in [0.2, 0.25) is 6.41 Å². The molecule has 0 aromatic carbocycles. The molecular formula is C10H15NO. The van der Waals surface area contributed by atoms with Crippen molar-refractivity contribution in [3.05, 3.63) is 0 Å². The third kappa shape index (κ3) is 0.732. The summed E-state index contributed by atoms with van der Waals surface area (Å²) >= 11 is 0. The van der Waals surface area contributed by atoms with Gasteiger partial charge >= 0.3 is 0 Å². The smallest absolute Gasteiger partial charge is 0.207 e. The summed E-state index contributed by atoms with van der Waals surface area (Å²) in [6.45, 7) is 0. The first-order chi connectivity index (χ1) is 5.81. The zero-order valence-corrected chi connectivity index (χ0v) is 7.25. The van der Waals surface area contributed by atoms with Crippen molar-refractivity contribution in [1.29, 1.82) is 0 Å². The molecular weight excluding hydrogens is 150 g/mol. The number of carbonyl (C=O) groups is 1. The van der Waals surface area contributed by atoms with Crippen LogP contribution in [0.25, 0.3) is 0 Å². The summed E-state index contributed by atoms with van der Waals surface area (Å²) in [6.07, 6.45) is 7.62. The fourth-order valence-corrected chi connectivity index (χ4v) is 4.11. The second kappa shape index (κ2) is 2.04. The van der Waals surface area contributed by atoms with Crippen molar-refractivity contribution < 1.29 is 4.79 Å². The number of nitrogens with one attached hydrogen (secondary N) is 1. The Labute approximate surface area is 72.7 Å². The van der Waals surface area contributed by atoms with Crippen LogP contribution in [0.5, 0.6) is 0 Å². The zero-order valence-electron chi connectivity index (χ0n) is 7.25. The molecule has 0 radical (unpaired) electrons. The maximum atomic E-state index is 10.5. The Bertz CT molecular complexity index is 206. The van der Waals surface area contributed by atoms with Crippen LogP contribution in [0.1, 0.15) is 32.1 Å². The molecule has 2 unspecified atom stereocenters. The molecule has 4 rings (SSSR count). The van der Waals surface area contributed by atoms with E-state index in [1.165, 1.54) is 32.1 Å². The van der Waals surface area contributed by atoms with Crippen molar-refractivity contribution in [1.82, 2.24) is 5.32 Å². The molecule has 2 atom stereocenters. The molecule has 4 aliphatic carbocycles. The molecule has 0 saturated heterocycles. The van der Waals surface area contributed by atoms with E-state index >= 15 is 0 Å². The normalized spacial score (nSPS) is 54.5. The van der Waals surface area contributed by atoms with Crippen molar-refractivity contribution in [2.75, 3.05) is 0 Å². The van der Waals surface area contributed by atoms with E-state index < -0.39 is 0 Å². The highest BCUT2D eigenvalue weighted by Gasteiger charge is 2.55. The van der Waals surface area contributed by atoms with E-state index in [0.29, 0.717) is 0 Å². The molecule has 2 heteroatoms. The standard InChI is InChI=1S/C10H15NO/c12-6-11-10-3-7-1-8(4-10)9(2-7)5-10/h6-9H,1-5H2,(H,11,12). The number of carbonyl (C=O) groups excluding carboxylic acids is 1. The predicted molar refractivity (Wildman–Crippen MR) is 45.5 cm³/mol. The first-order valence-electron chi connectivity index (χ1n) is 5.03. The second-order valence-electron chi connectivity index (χ2n) is 5.01. The first kappa shape index (κ1) is 6.93. The Balaban J connectivity index is 1.88. The summed E-state index contributed by atoms with van der Waals surface area (Å²) in [5.41, 5.74) is 0.248. The van der Waals surface area contributed by atoms with Gasteiger partial charge in [0.15, 0.2) is 0 Å². The van der Waals surface area contributed by atoms with Gasteiger partial charge in [-0.05, 0) is 49.9 Å². The van der Waals surface area contributed by atoms with E-state index in [1.807, 2.05) is 0 Å². The molecule has 4 bridgehead atoms. The van der Waals surface area contributed by atoms with Gasteiger partial charge in [-0.15, -0.1) is 0 Å². The van der Waals surface area contributed by atoms with E-state index in [1.54, 1.807) is 0 Å². The molecule has 4 fully saturated rings. The average Bonchev–Trinajstić information content (AvgIpc) is 2.38. The quantitative estimate of drug-likeness (QED) is 0.614. The Morgan fingerprint density at radius 1 is 1.17 bits per heavy atom. The SMILES string of the molecule is O=CNC12CC3CC(C1)C(C3)C2. The van der Waals surface area contributed by atoms with Crippen molar-refractivity contribution in [2.45, 2.75) is 37.6 Å². The lowest BCUT2D eigenvalue weighted by atomic mass is 9.76. The second-order valence-corrected chi connectivity index (χ2v) is 5.01. The molecule has 2 nitrogen and oxygen atoms in total. The monoisotopic (exact) mass is 165 g/mol. The largest absolute Gasteiger partial charge is 0.353 e. The van der Waals surface area contributed by atoms with Crippen LogP contribution in [0.3, 0.4) is 0 Å². The van der Waals surface area contributed by atoms with Gasteiger partial charge in [0.05, 0.1) is 0 Å². The summed E-state index contributed by atoms with van der Waals surface area (Å²) < 4.78 is 0. The van der Waals surface area contributed by atoms with Crippen molar-refractivity contribution in [2.24, 2.45) is 17.8 Å². The van der Waals surface area contributed by atoms with E-state index in [0.717, 1.165) is 24.2 Å². The van der Waals surface area contributed by atoms with Gasteiger partial charge in [-0.1, -0.05) is 0 Å². The summed E-state index contributed by atoms with van der Waals surface area (Å²) in [5.74, 6) is 2.85. The zero-order chi connectivity index (χ0) is 8.18. The maximum Gasteiger partial charge on any atom is 0.207 e. The molecule has 4 aliphatic rings. The number of hydrogen-bond donors (Lipinski definition) is 1. The van der Waals surface area contributed by atoms with Crippen LogP contribution in [-0.4, -0.2) is 11.9 Å². The molecule has 0 aromatic rings. The fraction of sp³-hybridized carbons (Fsp3) is 0.900. The molecule has 0 aromatic heterocycles. The fourth-order valence-electron chi connectivity index (χ4n) is 4.11. The minimum atomic E-state index is 0.248. The molecule has 66 valence electrons. The highest BCUT2D eigenvalue weighted by Crippen LogP contribution is 2.59. The topological polar surface area (TPSA) is 29.1 Å². The molecule has 1 amide bonds. The van der Waals surface area contributed by atoms with E-state index in [2.05, 4.69) is 5.32 Å². The van der Waals surface area contributed by atoms with E-state index in [9.17, 15) is 4.79 Å². The van der Waals surface area contributed by atoms with Gasteiger partial charge in [-0.3, -0.25) is 4.79 Å². The van der Waals surface area contributed by atoms with Gasteiger partial charge in [0.25, 0.3) is 0 Å². The van der Waals surface area contributed by atoms with Gasteiger partial charge < -0.3 is 5.32 Å². The molecule has 0 spiro atoms. The molecule has 0 heterocycles.